The van der Waals surface area contributed by atoms with Crippen molar-refractivity contribution in [1.29, 1.82) is 0 Å². The van der Waals surface area contributed by atoms with Crippen LogP contribution < -0.4 is 4.90 Å². The van der Waals surface area contributed by atoms with E-state index < -0.39 is 0 Å². The number of halogens is 2. The van der Waals surface area contributed by atoms with Crippen molar-refractivity contribution in [3.63, 3.8) is 0 Å². The van der Waals surface area contributed by atoms with Gasteiger partial charge in [0.15, 0.2) is 0 Å². The highest BCUT2D eigenvalue weighted by molar-refractivity contribution is 6.17. The Hall–Kier alpha value is -0.760. The second-order valence-corrected chi connectivity index (χ2v) is 5.57. The van der Waals surface area contributed by atoms with Crippen LogP contribution >= 0.6 is 11.6 Å². The van der Waals surface area contributed by atoms with Gasteiger partial charge in [-0.1, -0.05) is 19.9 Å². The zero-order chi connectivity index (χ0) is 13.2. The van der Waals surface area contributed by atoms with Crippen LogP contribution in [0.25, 0.3) is 0 Å². The molecule has 1 saturated heterocycles. The van der Waals surface area contributed by atoms with Gasteiger partial charge in [0.05, 0.1) is 5.69 Å². The molecule has 1 aliphatic rings. The minimum atomic E-state index is -0.142. The van der Waals surface area contributed by atoms with E-state index in [1.54, 1.807) is 6.07 Å². The smallest absolute Gasteiger partial charge is 0.146 e. The topological polar surface area (TPSA) is 3.24 Å². The fourth-order valence-corrected chi connectivity index (χ4v) is 3.02. The molecule has 1 heterocycles. The summed E-state index contributed by atoms with van der Waals surface area (Å²) in [6.45, 7) is 6.40. The first-order valence-electron chi connectivity index (χ1n) is 6.73. The van der Waals surface area contributed by atoms with Crippen LogP contribution in [0.3, 0.4) is 0 Å². The molecule has 100 valence electrons. The number of rotatable bonds is 4. The van der Waals surface area contributed by atoms with Crippen LogP contribution in [0, 0.1) is 11.2 Å². The lowest BCUT2D eigenvalue weighted by atomic mass is 9.82. The van der Waals surface area contributed by atoms with E-state index in [0.717, 1.165) is 30.8 Å². The van der Waals surface area contributed by atoms with Gasteiger partial charge in [-0.15, -0.1) is 11.6 Å². The summed E-state index contributed by atoms with van der Waals surface area (Å²) in [7, 11) is 0. The fraction of sp³-hybridized carbons (Fsp3) is 0.600. The largest absolute Gasteiger partial charge is 0.369 e. The molecular weight excluding hydrogens is 249 g/mol. The van der Waals surface area contributed by atoms with Gasteiger partial charge in [0.25, 0.3) is 0 Å². The second kappa shape index (κ2) is 5.48. The second-order valence-electron chi connectivity index (χ2n) is 5.30. The summed E-state index contributed by atoms with van der Waals surface area (Å²) in [5.41, 5.74) is 1.94. The molecule has 1 aromatic rings. The number of hydrogen-bond acceptors (Lipinski definition) is 1. The van der Waals surface area contributed by atoms with Gasteiger partial charge in [-0.3, -0.25) is 0 Å². The molecule has 0 aromatic heterocycles. The van der Waals surface area contributed by atoms with Crippen molar-refractivity contribution in [3.05, 3.63) is 29.6 Å². The van der Waals surface area contributed by atoms with Crippen molar-refractivity contribution in [2.24, 2.45) is 5.41 Å². The molecule has 1 aliphatic heterocycles. The van der Waals surface area contributed by atoms with Crippen LogP contribution in [0.1, 0.15) is 38.7 Å². The minimum Gasteiger partial charge on any atom is -0.369 e. The molecule has 2 rings (SSSR count). The Morgan fingerprint density at radius 1 is 1.33 bits per heavy atom. The molecule has 0 bridgehead atoms. The van der Waals surface area contributed by atoms with Gasteiger partial charge in [-0.05, 0) is 42.4 Å². The van der Waals surface area contributed by atoms with Gasteiger partial charge in [0.1, 0.15) is 5.82 Å². The molecule has 0 saturated carbocycles. The van der Waals surface area contributed by atoms with E-state index in [9.17, 15) is 4.39 Å². The van der Waals surface area contributed by atoms with Gasteiger partial charge in [0, 0.05) is 19.0 Å². The number of hydrogen-bond donors (Lipinski definition) is 0. The van der Waals surface area contributed by atoms with E-state index in [1.807, 2.05) is 12.1 Å². The minimum absolute atomic E-state index is 0.142. The van der Waals surface area contributed by atoms with E-state index in [2.05, 4.69) is 18.7 Å². The van der Waals surface area contributed by atoms with Crippen LogP contribution in [0.4, 0.5) is 10.1 Å². The first-order valence-corrected chi connectivity index (χ1v) is 7.27. The molecular formula is C15H21ClFN. The molecule has 18 heavy (non-hydrogen) atoms. The van der Waals surface area contributed by atoms with Gasteiger partial charge in [-0.25, -0.2) is 4.39 Å². The fourth-order valence-electron chi connectivity index (χ4n) is 2.86. The highest BCUT2D eigenvalue weighted by atomic mass is 35.5. The molecule has 1 fully saturated rings. The van der Waals surface area contributed by atoms with Crippen molar-refractivity contribution in [2.75, 3.05) is 18.0 Å². The molecule has 0 amide bonds. The van der Waals surface area contributed by atoms with Crippen molar-refractivity contribution < 1.29 is 4.39 Å². The van der Waals surface area contributed by atoms with E-state index in [4.69, 9.17) is 11.6 Å². The van der Waals surface area contributed by atoms with E-state index in [-0.39, 0.29) is 5.82 Å². The molecule has 1 nitrogen and oxygen atoms in total. The van der Waals surface area contributed by atoms with Gasteiger partial charge in [0.2, 0.25) is 0 Å². The lowest BCUT2D eigenvalue weighted by Gasteiger charge is -2.27. The zero-order valence-electron chi connectivity index (χ0n) is 11.2. The monoisotopic (exact) mass is 269 g/mol. The summed E-state index contributed by atoms with van der Waals surface area (Å²) in [6, 6.07) is 5.35. The SMILES string of the molecule is CCC1(CC)CCN(c2ccc(CCl)cc2F)C1. The Balaban J connectivity index is 2.19. The summed E-state index contributed by atoms with van der Waals surface area (Å²) in [5, 5.41) is 0. The maximum Gasteiger partial charge on any atom is 0.146 e. The highest BCUT2D eigenvalue weighted by Crippen LogP contribution is 2.39. The Kier molecular flexibility index (Phi) is 4.16. The molecule has 0 aliphatic carbocycles. The van der Waals surface area contributed by atoms with Crippen LogP contribution in [0.2, 0.25) is 0 Å². The van der Waals surface area contributed by atoms with E-state index in [1.165, 1.54) is 12.8 Å². The summed E-state index contributed by atoms with van der Waals surface area (Å²) >= 11 is 5.72. The van der Waals surface area contributed by atoms with Crippen LogP contribution in [0.15, 0.2) is 18.2 Å². The maximum atomic E-state index is 14.0. The van der Waals surface area contributed by atoms with Crippen molar-refractivity contribution in [2.45, 2.75) is 39.0 Å². The average Bonchev–Trinajstić information content (AvgIpc) is 2.83. The summed E-state index contributed by atoms with van der Waals surface area (Å²) in [6.07, 6.45) is 3.50. The highest BCUT2D eigenvalue weighted by Gasteiger charge is 2.35. The Morgan fingerprint density at radius 3 is 2.56 bits per heavy atom. The Labute approximate surface area is 114 Å². The molecule has 3 heteroatoms. The lowest BCUT2D eigenvalue weighted by Crippen LogP contribution is -2.26. The Morgan fingerprint density at radius 2 is 2.06 bits per heavy atom. The first-order chi connectivity index (χ1) is 8.64. The number of nitrogens with zero attached hydrogens (tertiary/aromatic N) is 1. The molecule has 0 atom stereocenters. The van der Waals surface area contributed by atoms with Crippen molar-refractivity contribution in [3.8, 4) is 0 Å². The molecule has 1 aromatic carbocycles. The predicted molar refractivity (Wildman–Crippen MR) is 75.8 cm³/mol. The van der Waals surface area contributed by atoms with Crippen LogP contribution in [-0.2, 0) is 5.88 Å². The maximum absolute atomic E-state index is 14.0. The van der Waals surface area contributed by atoms with Crippen LogP contribution in [0.5, 0.6) is 0 Å². The molecule has 0 radical (unpaired) electrons. The van der Waals surface area contributed by atoms with Crippen molar-refractivity contribution in [1.82, 2.24) is 0 Å². The predicted octanol–water partition coefficient (Wildman–Crippen LogP) is 4.58. The third-order valence-corrected chi connectivity index (χ3v) is 4.75. The summed E-state index contributed by atoms with van der Waals surface area (Å²) in [4.78, 5) is 2.18. The summed E-state index contributed by atoms with van der Waals surface area (Å²) < 4.78 is 14.0. The normalized spacial score (nSPS) is 18.3. The third kappa shape index (κ3) is 2.49. The van der Waals surface area contributed by atoms with Gasteiger partial charge < -0.3 is 4.90 Å². The van der Waals surface area contributed by atoms with E-state index >= 15 is 0 Å². The van der Waals surface area contributed by atoms with Gasteiger partial charge >= 0.3 is 0 Å². The molecule has 0 spiro atoms. The third-order valence-electron chi connectivity index (χ3n) is 4.45. The Bertz CT molecular complexity index is 415. The molecule has 0 N–H and O–H groups in total. The summed E-state index contributed by atoms with van der Waals surface area (Å²) in [5.74, 6) is 0.224. The van der Waals surface area contributed by atoms with Crippen molar-refractivity contribution >= 4 is 17.3 Å². The van der Waals surface area contributed by atoms with E-state index in [0.29, 0.717) is 11.3 Å². The quantitative estimate of drug-likeness (QED) is 0.723. The average molecular weight is 270 g/mol. The number of anilines is 1. The zero-order valence-corrected chi connectivity index (χ0v) is 11.9. The standard InChI is InChI=1S/C15H21ClFN/c1-3-15(4-2)7-8-18(11-15)14-6-5-12(10-16)9-13(14)17/h5-6,9H,3-4,7-8,10-11H2,1-2H3. The number of benzene rings is 1. The first kappa shape index (κ1) is 13.7. The van der Waals surface area contributed by atoms with Crippen LogP contribution in [-0.4, -0.2) is 13.1 Å². The molecule has 0 unspecified atom stereocenters. The lowest BCUT2D eigenvalue weighted by molar-refractivity contribution is 0.301. The number of alkyl halides is 1. The van der Waals surface area contributed by atoms with Gasteiger partial charge in [-0.2, -0.15) is 0 Å².